The molecular weight excluding hydrogens is 344 g/mol. The summed E-state index contributed by atoms with van der Waals surface area (Å²) in [5, 5.41) is 8.37. The van der Waals surface area contributed by atoms with Crippen LogP contribution < -0.4 is 4.90 Å². The molecule has 4 nitrogen and oxygen atoms in total. The molecule has 1 aliphatic heterocycles. The first-order valence-electron chi connectivity index (χ1n) is 8.16. The maximum Gasteiger partial charge on any atom is 0.271 e. The number of hydrogen-bond acceptors (Lipinski definition) is 4. The zero-order chi connectivity index (χ0) is 18.1. The Bertz CT molecular complexity index is 1020. The Hall–Kier alpha value is -3.05. The van der Waals surface area contributed by atoms with E-state index in [1.54, 1.807) is 6.08 Å². The van der Waals surface area contributed by atoms with E-state index in [1.165, 1.54) is 4.90 Å². The van der Waals surface area contributed by atoms with Crippen LogP contribution in [-0.2, 0) is 4.79 Å². The number of furan rings is 1. The van der Waals surface area contributed by atoms with E-state index in [0.717, 1.165) is 28.6 Å². The van der Waals surface area contributed by atoms with Crippen molar-refractivity contribution in [3.05, 3.63) is 83.0 Å². The average Bonchev–Trinajstić information content (AvgIpc) is 3.21. The van der Waals surface area contributed by atoms with Crippen molar-refractivity contribution >= 4 is 34.6 Å². The molecule has 2 heterocycles. The number of hydrogen-bond donors (Lipinski definition) is 1. The minimum Gasteiger partial charge on any atom is -0.457 e. The molecule has 1 aliphatic rings. The SMILES string of the molecule is Cc1cccc(N2C(=N)S/C(=C/c3ccc(-c4ccccc4)o3)C2=O)c1. The number of amidine groups is 1. The van der Waals surface area contributed by atoms with Gasteiger partial charge in [0.2, 0.25) is 0 Å². The molecule has 0 atom stereocenters. The number of carbonyl (C=O) groups excluding carboxylic acids is 1. The number of nitrogens with one attached hydrogen (secondary N) is 1. The molecule has 1 saturated heterocycles. The molecule has 1 aromatic heterocycles. The fourth-order valence-electron chi connectivity index (χ4n) is 2.81. The predicted molar refractivity (Wildman–Crippen MR) is 106 cm³/mol. The van der Waals surface area contributed by atoms with Crippen molar-refractivity contribution in [3.63, 3.8) is 0 Å². The summed E-state index contributed by atoms with van der Waals surface area (Å²) in [5.41, 5.74) is 2.74. The summed E-state index contributed by atoms with van der Waals surface area (Å²) in [6, 6.07) is 21.1. The van der Waals surface area contributed by atoms with Gasteiger partial charge < -0.3 is 4.42 Å². The maximum atomic E-state index is 12.8. The molecule has 5 heteroatoms. The third-order valence-corrected chi connectivity index (χ3v) is 4.93. The quantitative estimate of drug-likeness (QED) is 0.644. The van der Waals surface area contributed by atoms with Crippen molar-refractivity contribution in [2.24, 2.45) is 0 Å². The minimum absolute atomic E-state index is 0.196. The van der Waals surface area contributed by atoms with E-state index in [-0.39, 0.29) is 11.1 Å². The molecule has 1 amide bonds. The molecule has 0 spiro atoms. The topological polar surface area (TPSA) is 57.3 Å². The summed E-state index contributed by atoms with van der Waals surface area (Å²) in [6.07, 6.45) is 1.70. The van der Waals surface area contributed by atoms with E-state index in [9.17, 15) is 4.79 Å². The van der Waals surface area contributed by atoms with Gasteiger partial charge in [0, 0.05) is 11.6 Å². The first kappa shape index (κ1) is 16.4. The van der Waals surface area contributed by atoms with E-state index in [1.807, 2.05) is 73.7 Å². The van der Waals surface area contributed by atoms with Crippen LogP contribution in [0.2, 0.25) is 0 Å². The van der Waals surface area contributed by atoms with Gasteiger partial charge in [-0.05, 0) is 48.5 Å². The fourth-order valence-corrected chi connectivity index (χ4v) is 3.65. The number of thioether (sulfide) groups is 1. The Labute approximate surface area is 155 Å². The van der Waals surface area contributed by atoms with Gasteiger partial charge in [0.05, 0.1) is 10.6 Å². The number of amides is 1. The lowest BCUT2D eigenvalue weighted by Crippen LogP contribution is -2.28. The number of nitrogens with zero attached hydrogens (tertiary/aromatic N) is 1. The Kier molecular flexibility index (Phi) is 4.22. The van der Waals surface area contributed by atoms with Gasteiger partial charge in [-0.1, -0.05) is 42.5 Å². The van der Waals surface area contributed by atoms with Gasteiger partial charge in [-0.2, -0.15) is 0 Å². The van der Waals surface area contributed by atoms with E-state index >= 15 is 0 Å². The molecule has 3 aromatic rings. The summed E-state index contributed by atoms with van der Waals surface area (Å²) in [6.45, 7) is 1.96. The predicted octanol–water partition coefficient (Wildman–Crippen LogP) is 5.31. The van der Waals surface area contributed by atoms with Gasteiger partial charge in [0.25, 0.3) is 5.91 Å². The molecule has 0 bridgehead atoms. The van der Waals surface area contributed by atoms with Crippen LogP contribution in [0.3, 0.4) is 0 Å². The molecule has 0 unspecified atom stereocenters. The smallest absolute Gasteiger partial charge is 0.271 e. The molecule has 0 radical (unpaired) electrons. The Morgan fingerprint density at radius 2 is 1.85 bits per heavy atom. The van der Waals surface area contributed by atoms with Gasteiger partial charge in [0.1, 0.15) is 11.5 Å². The van der Waals surface area contributed by atoms with Gasteiger partial charge in [-0.15, -0.1) is 0 Å². The van der Waals surface area contributed by atoms with E-state index < -0.39 is 0 Å². The summed E-state index contributed by atoms with van der Waals surface area (Å²) in [4.78, 5) is 14.7. The highest BCUT2D eigenvalue weighted by Gasteiger charge is 2.33. The lowest BCUT2D eigenvalue weighted by molar-refractivity contribution is -0.113. The Morgan fingerprint density at radius 3 is 2.62 bits per heavy atom. The van der Waals surface area contributed by atoms with Gasteiger partial charge in [0.15, 0.2) is 5.17 Å². The van der Waals surface area contributed by atoms with Crippen LogP contribution in [-0.4, -0.2) is 11.1 Å². The largest absolute Gasteiger partial charge is 0.457 e. The Morgan fingerprint density at radius 1 is 1.04 bits per heavy atom. The first-order valence-corrected chi connectivity index (χ1v) is 8.98. The number of anilines is 1. The normalized spacial score (nSPS) is 15.9. The highest BCUT2D eigenvalue weighted by atomic mass is 32.2. The van der Waals surface area contributed by atoms with Crippen molar-refractivity contribution in [2.75, 3.05) is 4.90 Å². The second-order valence-corrected chi connectivity index (χ2v) is 6.99. The molecule has 1 fully saturated rings. The van der Waals surface area contributed by atoms with Crippen LogP contribution in [0.15, 0.2) is 76.1 Å². The van der Waals surface area contributed by atoms with E-state index in [4.69, 9.17) is 9.83 Å². The molecule has 26 heavy (non-hydrogen) atoms. The molecular formula is C21H16N2O2S. The van der Waals surface area contributed by atoms with Crippen molar-refractivity contribution in [2.45, 2.75) is 6.92 Å². The standard InChI is InChI=1S/C21H16N2O2S/c1-14-6-5-9-16(12-14)23-20(24)19(26-21(23)22)13-17-10-11-18(25-17)15-7-3-2-4-8-15/h2-13,22H,1H3/b19-13+,22-21?. The van der Waals surface area contributed by atoms with Gasteiger partial charge >= 0.3 is 0 Å². The molecule has 0 aliphatic carbocycles. The summed E-state index contributed by atoms with van der Waals surface area (Å²) >= 11 is 1.14. The van der Waals surface area contributed by atoms with Crippen molar-refractivity contribution in [3.8, 4) is 11.3 Å². The second-order valence-electron chi connectivity index (χ2n) is 5.96. The van der Waals surface area contributed by atoms with Gasteiger partial charge in [-0.3, -0.25) is 15.1 Å². The lowest BCUT2D eigenvalue weighted by atomic mass is 10.2. The molecule has 128 valence electrons. The highest BCUT2D eigenvalue weighted by Crippen LogP contribution is 2.36. The highest BCUT2D eigenvalue weighted by molar-refractivity contribution is 8.19. The molecule has 2 aromatic carbocycles. The summed E-state index contributed by atoms with van der Waals surface area (Å²) in [7, 11) is 0. The van der Waals surface area contributed by atoms with Crippen molar-refractivity contribution in [1.82, 2.24) is 0 Å². The summed E-state index contributed by atoms with van der Waals surface area (Å²) in [5.74, 6) is 1.14. The molecule has 4 rings (SSSR count). The minimum atomic E-state index is -0.205. The van der Waals surface area contributed by atoms with Crippen LogP contribution in [0.25, 0.3) is 17.4 Å². The zero-order valence-electron chi connectivity index (χ0n) is 14.1. The Balaban J connectivity index is 1.62. The van der Waals surface area contributed by atoms with Gasteiger partial charge in [-0.25, -0.2) is 0 Å². The number of carbonyl (C=O) groups is 1. The second kappa shape index (κ2) is 6.69. The fraction of sp³-hybridized carbons (Fsp3) is 0.0476. The maximum absolute atomic E-state index is 12.8. The van der Waals surface area contributed by atoms with E-state index in [0.29, 0.717) is 16.4 Å². The molecule has 0 saturated carbocycles. The van der Waals surface area contributed by atoms with Crippen LogP contribution in [0.1, 0.15) is 11.3 Å². The third kappa shape index (κ3) is 3.09. The monoisotopic (exact) mass is 360 g/mol. The number of aryl methyl sites for hydroxylation is 1. The van der Waals surface area contributed by atoms with Crippen LogP contribution in [0.5, 0.6) is 0 Å². The number of rotatable bonds is 3. The van der Waals surface area contributed by atoms with Crippen LogP contribution in [0.4, 0.5) is 5.69 Å². The first-order chi connectivity index (χ1) is 12.6. The summed E-state index contributed by atoms with van der Waals surface area (Å²) < 4.78 is 5.84. The lowest BCUT2D eigenvalue weighted by Gasteiger charge is -2.14. The molecule has 1 N–H and O–H groups in total. The van der Waals surface area contributed by atoms with Crippen LogP contribution >= 0.6 is 11.8 Å². The zero-order valence-corrected chi connectivity index (χ0v) is 14.9. The van der Waals surface area contributed by atoms with Crippen molar-refractivity contribution in [1.29, 1.82) is 5.41 Å². The average molecular weight is 360 g/mol. The number of benzene rings is 2. The third-order valence-electron chi connectivity index (χ3n) is 4.04. The van der Waals surface area contributed by atoms with Crippen LogP contribution in [0, 0.1) is 12.3 Å². The van der Waals surface area contributed by atoms with Crippen molar-refractivity contribution < 1.29 is 9.21 Å². The van der Waals surface area contributed by atoms with E-state index in [2.05, 4.69) is 0 Å².